The highest BCUT2D eigenvalue weighted by atomic mass is 32.2. The monoisotopic (exact) mass is 291 g/mol. The van der Waals surface area contributed by atoms with Crippen LogP contribution in [0.25, 0.3) is 0 Å². The standard InChI is InChI=1S/C13H29N3O2S/c1-12(2)14-7-10-19(17,18)15-11-13(3)16-8-5-4-6-9-16/h12-15H,4-11H2,1-3H3. The summed E-state index contributed by atoms with van der Waals surface area (Å²) in [5, 5.41) is 3.12. The van der Waals surface area contributed by atoms with Crippen LogP contribution in [-0.4, -0.2) is 57.3 Å². The highest BCUT2D eigenvalue weighted by molar-refractivity contribution is 7.89. The first-order valence-corrected chi connectivity index (χ1v) is 9.01. The van der Waals surface area contributed by atoms with Crippen LogP contribution in [0.5, 0.6) is 0 Å². The second-order valence-electron chi connectivity index (χ2n) is 5.72. The molecule has 0 radical (unpaired) electrons. The van der Waals surface area contributed by atoms with Crippen LogP contribution < -0.4 is 10.0 Å². The van der Waals surface area contributed by atoms with E-state index in [4.69, 9.17) is 0 Å². The van der Waals surface area contributed by atoms with Crippen molar-refractivity contribution in [2.75, 3.05) is 31.9 Å². The Morgan fingerprint density at radius 3 is 2.32 bits per heavy atom. The Hall–Kier alpha value is -0.170. The van der Waals surface area contributed by atoms with Gasteiger partial charge in [0.05, 0.1) is 5.75 Å². The molecule has 1 rings (SSSR count). The largest absolute Gasteiger partial charge is 0.313 e. The van der Waals surface area contributed by atoms with Crippen molar-refractivity contribution in [1.29, 1.82) is 0 Å². The van der Waals surface area contributed by atoms with Crippen LogP contribution in [-0.2, 0) is 10.0 Å². The molecule has 0 aromatic carbocycles. The van der Waals surface area contributed by atoms with Crippen LogP contribution in [0.2, 0.25) is 0 Å². The van der Waals surface area contributed by atoms with Gasteiger partial charge in [-0.05, 0) is 32.9 Å². The summed E-state index contributed by atoms with van der Waals surface area (Å²) in [7, 11) is -3.15. The highest BCUT2D eigenvalue weighted by Gasteiger charge is 2.18. The maximum absolute atomic E-state index is 11.8. The fraction of sp³-hybridized carbons (Fsp3) is 1.00. The van der Waals surface area contributed by atoms with Gasteiger partial charge in [0.15, 0.2) is 0 Å². The van der Waals surface area contributed by atoms with Crippen LogP contribution in [0.3, 0.4) is 0 Å². The van der Waals surface area contributed by atoms with Gasteiger partial charge < -0.3 is 5.32 Å². The fourth-order valence-corrected chi connectivity index (χ4v) is 3.32. The number of hydrogen-bond acceptors (Lipinski definition) is 4. The smallest absolute Gasteiger partial charge is 0.212 e. The summed E-state index contributed by atoms with van der Waals surface area (Å²) in [6.45, 7) is 9.34. The zero-order chi connectivity index (χ0) is 14.3. The molecule has 1 aliphatic heterocycles. The number of likely N-dealkylation sites (tertiary alicyclic amines) is 1. The third-order valence-corrected chi connectivity index (χ3v) is 4.88. The van der Waals surface area contributed by atoms with E-state index in [1.165, 1.54) is 19.3 Å². The molecule has 6 heteroatoms. The normalized spacial score (nSPS) is 19.8. The number of piperidine rings is 1. The van der Waals surface area contributed by atoms with E-state index in [9.17, 15) is 8.42 Å². The Labute approximate surface area is 118 Å². The second-order valence-corrected chi connectivity index (χ2v) is 7.65. The van der Waals surface area contributed by atoms with Gasteiger partial charge in [0.2, 0.25) is 10.0 Å². The van der Waals surface area contributed by atoms with Crippen LogP contribution in [0, 0.1) is 0 Å². The van der Waals surface area contributed by atoms with E-state index >= 15 is 0 Å². The van der Waals surface area contributed by atoms with E-state index in [-0.39, 0.29) is 11.8 Å². The summed E-state index contributed by atoms with van der Waals surface area (Å²) in [5.41, 5.74) is 0. The molecule has 1 saturated heterocycles. The molecule has 0 spiro atoms. The summed E-state index contributed by atoms with van der Waals surface area (Å²) in [6.07, 6.45) is 3.76. The summed E-state index contributed by atoms with van der Waals surface area (Å²) < 4.78 is 26.4. The molecule has 5 nitrogen and oxygen atoms in total. The van der Waals surface area contributed by atoms with E-state index in [2.05, 4.69) is 21.9 Å². The summed E-state index contributed by atoms with van der Waals surface area (Å²) >= 11 is 0. The SMILES string of the molecule is CC(C)NCCS(=O)(=O)NCC(C)N1CCCCC1. The molecule has 1 unspecified atom stereocenters. The first kappa shape index (κ1) is 16.9. The molecule has 0 aromatic heterocycles. The minimum Gasteiger partial charge on any atom is -0.313 e. The van der Waals surface area contributed by atoms with Gasteiger partial charge in [0, 0.05) is 25.2 Å². The Bertz CT molecular complexity index is 338. The first-order valence-electron chi connectivity index (χ1n) is 7.35. The number of hydrogen-bond donors (Lipinski definition) is 2. The van der Waals surface area contributed by atoms with Gasteiger partial charge in [0.25, 0.3) is 0 Å². The van der Waals surface area contributed by atoms with Gasteiger partial charge in [-0.1, -0.05) is 20.3 Å². The van der Waals surface area contributed by atoms with Gasteiger partial charge in [-0.2, -0.15) is 0 Å². The lowest BCUT2D eigenvalue weighted by Crippen LogP contribution is -2.45. The third kappa shape index (κ3) is 7.25. The van der Waals surface area contributed by atoms with Crippen molar-refractivity contribution < 1.29 is 8.42 Å². The van der Waals surface area contributed by atoms with Crippen molar-refractivity contribution in [3.8, 4) is 0 Å². The fourth-order valence-electron chi connectivity index (χ4n) is 2.29. The molecular formula is C13H29N3O2S. The molecule has 0 aromatic rings. The number of sulfonamides is 1. The van der Waals surface area contributed by atoms with Crippen molar-refractivity contribution in [3.63, 3.8) is 0 Å². The lowest BCUT2D eigenvalue weighted by Gasteiger charge is -2.32. The quantitative estimate of drug-likeness (QED) is 0.694. The van der Waals surface area contributed by atoms with Crippen LogP contribution in [0.1, 0.15) is 40.0 Å². The molecule has 1 atom stereocenters. The highest BCUT2D eigenvalue weighted by Crippen LogP contribution is 2.11. The van der Waals surface area contributed by atoms with Gasteiger partial charge in [-0.25, -0.2) is 13.1 Å². The third-order valence-electron chi connectivity index (χ3n) is 3.54. The molecule has 2 N–H and O–H groups in total. The molecule has 0 amide bonds. The van der Waals surface area contributed by atoms with Crippen molar-refractivity contribution in [3.05, 3.63) is 0 Å². The summed E-state index contributed by atoms with van der Waals surface area (Å²) in [6, 6.07) is 0.607. The van der Waals surface area contributed by atoms with Gasteiger partial charge >= 0.3 is 0 Å². The maximum atomic E-state index is 11.8. The minimum absolute atomic E-state index is 0.151. The molecular weight excluding hydrogens is 262 g/mol. The van der Waals surface area contributed by atoms with Crippen LogP contribution in [0.15, 0.2) is 0 Å². The van der Waals surface area contributed by atoms with Crippen LogP contribution >= 0.6 is 0 Å². The predicted octanol–water partition coefficient (Wildman–Crippen LogP) is 0.778. The molecule has 0 bridgehead atoms. The van der Waals surface area contributed by atoms with E-state index in [0.717, 1.165) is 13.1 Å². The maximum Gasteiger partial charge on any atom is 0.212 e. The van der Waals surface area contributed by atoms with Crippen LogP contribution in [0.4, 0.5) is 0 Å². The molecule has 0 saturated carbocycles. The molecule has 1 heterocycles. The Balaban J connectivity index is 2.25. The number of nitrogens with zero attached hydrogens (tertiary/aromatic N) is 1. The summed E-state index contributed by atoms with van der Waals surface area (Å²) in [4.78, 5) is 2.37. The lowest BCUT2D eigenvalue weighted by atomic mass is 10.1. The zero-order valence-electron chi connectivity index (χ0n) is 12.5. The predicted molar refractivity (Wildman–Crippen MR) is 79.8 cm³/mol. The van der Waals surface area contributed by atoms with E-state index in [1.807, 2.05) is 13.8 Å². The average molecular weight is 291 g/mol. The summed E-state index contributed by atoms with van der Waals surface area (Å²) in [5.74, 6) is 0.151. The van der Waals surface area contributed by atoms with Gasteiger partial charge in [-0.15, -0.1) is 0 Å². The molecule has 1 aliphatic rings. The zero-order valence-corrected chi connectivity index (χ0v) is 13.3. The molecule has 1 fully saturated rings. The second kappa shape index (κ2) is 8.19. The van der Waals surface area contributed by atoms with E-state index in [0.29, 0.717) is 19.1 Å². The van der Waals surface area contributed by atoms with Crippen molar-refractivity contribution in [1.82, 2.24) is 14.9 Å². The first-order chi connectivity index (χ1) is 8.91. The lowest BCUT2D eigenvalue weighted by molar-refractivity contribution is 0.175. The Kier molecular flexibility index (Phi) is 7.28. The Morgan fingerprint density at radius 1 is 1.11 bits per heavy atom. The molecule has 0 aliphatic carbocycles. The topological polar surface area (TPSA) is 61.4 Å². The van der Waals surface area contributed by atoms with E-state index in [1.54, 1.807) is 0 Å². The van der Waals surface area contributed by atoms with E-state index < -0.39 is 10.0 Å². The van der Waals surface area contributed by atoms with Gasteiger partial charge in [-0.3, -0.25) is 4.90 Å². The van der Waals surface area contributed by atoms with Crippen molar-refractivity contribution in [2.24, 2.45) is 0 Å². The minimum atomic E-state index is -3.15. The number of nitrogens with one attached hydrogen (secondary N) is 2. The van der Waals surface area contributed by atoms with Crippen molar-refractivity contribution in [2.45, 2.75) is 52.1 Å². The molecule has 19 heavy (non-hydrogen) atoms. The average Bonchev–Trinajstić information content (AvgIpc) is 2.36. The van der Waals surface area contributed by atoms with Gasteiger partial charge in [0.1, 0.15) is 0 Å². The Morgan fingerprint density at radius 2 is 1.74 bits per heavy atom. The molecule has 114 valence electrons. The number of rotatable bonds is 8. The van der Waals surface area contributed by atoms with Crippen molar-refractivity contribution >= 4 is 10.0 Å².